The zero-order valence-corrected chi connectivity index (χ0v) is 7.92. The highest BCUT2D eigenvalue weighted by Gasteiger charge is 2.14. The van der Waals surface area contributed by atoms with E-state index in [1.807, 2.05) is 0 Å². The van der Waals surface area contributed by atoms with E-state index in [4.69, 9.17) is 5.26 Å². The van der Waals surface area contributed by atoms with E-state index in [0.29, 0.717) is 6.42 Å². The molecule has 0 unspecified atom stereocenters. The van der Waals surface area contributed by atoms with Gasteiger partial charge in [-0.05, 0) is 44.8 Å². The number of hydrogen-bond donors (Lipinski definition) is 0. The maximum Gasteiger partial charge on any atom is 0.0622 e. The van der Waals surface area contributed by atoms with E-state index in [-0.39, 0.29) is 0 Å². The van der Waals surface area contributed by atoms with Gasteiger partial charge in [-0.1, -0.05) is 6.92 Å². The standard InChI is InChI=1S/C10H18N2/c1-10-4-8-12(9-5-10)7-3-2-6-11/h10H,2-5,7-9H2,1H3. The molecule has 1 aliphatic rings. The van der Waals surface area contributed by atoms with Crippen molar-refractivity contribution in [3.63, 3.8) is 0 Å². The molecule has 1 rings (SSSR count). The zero-order chi connectivity index (χ0) is 8.81. The van der Waals surface area contributed by atoms with Gasteiger partial charge in [0.25, 0.3) is 0 Å². The van der Waals surface area contributed by atoms with E-state index in [1.165, 1.54) is 25.9 Å². The maximum atomic E-state index is 8.37. The molecule has 68 valence electrons. The molecule has 0 saturated carbocycles. The van der Waals surface area contributed by atoms with Crippen molar-refractivity contribution in [3.05, 3.63) is 0 Å². The molecule has 1 aliphatic heterocycles. The van der Waals surface area contributed by atoms with E-state index in [0.717, 1.165) is 18.9 Å². The summed E-state index contributed by atoms with van der Waals surface area (Å²) in [6.45, 7) is 5.94. The second-order valence-electron chi connectivity index (χ2n) is 3.79. The second-order valence-corrected chi connectivity index (χ2v) is 3.79. The van der Waals surface area contributed by atoms with Crippen LogP contribution in [-0.2, 0) is 0 Å². The summed E-state index contributed by atoms with van der Waals surface area (Å²) in [7, 11) is 0. The van der Waals surface area contributed by atoms with Crippen LogP contribution in [0.4, 0.5) is 0 Å². The molecular formula is C10H18N2. The van der Waals surface area contributed by atoms with Crippen molar-refractivity contribution < 1.29 is 0 Å². The van der Waals surface area contributed by atoms with E-state index in [1.54, 1.807) is 0 Å². The quantitative estimate of drug-likeness (QED) is 0.600. The summed E-state index contributed by atoms with van der Waals surface area (Å²) in [5, 5.41) is 8.37. The largest absolute Gasteiger partial charge is 0.303 e. The third-order valence-electron chi connectivity index (χ3n) is 2.64. The molecule has 2 heteroatoms. The lowest BCUT2D eigenvalue weighted by molar-refractivity contribution is 0.191. The molecule has 0 aromatic heterocycles. The summed E-state index contributed by atoms with van der Waals surface area (Å²) < 4.78 is 0. The molecule has 0 bridgehead atoms. The molecule has 1 heterocycles. The summed E-state index contributed by atoms with van der Waals surface area (Å²) in [5.74, 6) is 0.914. The minimum atomic E-state index is 0.714. The number of unbranched alkanes of at least 4 members (excludes halogenated alkanes) is 1. The highest BCUT2D eigenvalue weighted by molar-refractivity contribution is 4.73. The van der Waals surface area contributed by atoms with E-state index >= 15 is 0 Å². The molecule has 1 saturated heterocycles. The van der Waals surface area contributed by atoms with E-state index in [2.05, 4.69) is 17.9 Å². The molecule has 12 heavy (non-hydrogen) atoms. The number of nitrogens with zero attached hydrogens (tertiary/aromatic N) is 2. The van der Waals surface area contributed by atoms with Crippen molar-refractivity contribution >= 4 is 0 Å². The van der Waals surface area contributed by atoms with Gasteiger partial charge < -0.3 is 4.90 Å². The average Bonchev–Trinajstić information content (AvgIpc) is 2.09. The van der Waals surface area contributed by atoms with Crippen LogP contribution in [0, 0.1) is 17.2 Å². The number of likely N-dealkylation sites (tertiary alicyclic amines) is 1. The second kappa shape index (κ2) is 5.16. The van der Waals surface area contributed by atoms with Crippen molar-refractivity contribution in [2.24, 2.45) is 5.92 Å². The molecular weight excluding hydrogens is 148 g/mol. The smallest absolute Gasteiger partial charge is 0.0622 e. The van der Waals surface area contributed by atoms with Gasteiger partial charge in [0, 0.05) is 6.42 Å². The van der Waals surface area contributed by atoms with Gasteiger partial charge in [-0.25, -0.2) is 0 Å². The van der Waals surface area contributed by atoms with Crippen LogP contribution in [0.25, 0.3) is 0 Å². The monoisotopic (exact) mass is 166 g/mol. The Kier molecular flexibility index (Phi) is 4.10. The third-order valence-corrected chi connectivity index (χ3v) is 2.64. The normalized spacial score (nSPS) is 20.7. The average molecular weight is 166 g/mol. The Balaban J connectivity index is 2.06. The van der Waals surface area contributed by atoms with Crippen LogP contribution in [0.5, 0.6) is 0 Å². The predicted molar refractivity (Wildman–Crippen MR) is 49.7 cm³/mol. The van der Waals surface area contributed by atoms with Crippen molar-refractivity contribution in [3.8, 4) is 6.07 Å². The van der Waals surface area contributed by atoms with Crippen molar-refractivity contribution in [1.82, 2.24) is 4.90 Å². The van der Waals surface area contributed by atoms with Gasteiger partial charge in [-0.3, -0.25) is 0 Å². The van der Waals surface area contributed by atoms with Crippen LogP contribution in [0.15, 0.2) is 0 Å². The van der Waals surface area contributed by atoms with E-state index < -0.39 is 0 Å². The van der Waals surface area contributed by atoms with Gasteiger partial charge in [0.05, 0.1) is 6.07 Å². The summed E-state index contributed by atoms with van der Waals surface area (Å²) in [6, 6.07) is 2.19. The van der Waals surface area contributed by atoms with Crippen molar-refractivity contribution in [2.45, 2.75) is 32.6 Å². The third kappa shape index (κ3) is 3.23. The first kappa shape index (κ1) is 9.54. The molecule has 0 N–H and O–H groups in total. The maximum absolute atomic E-state index is 8.37. The van der Waals surface area contributed by atoms with Crippen LogP contribution >= 0.6 is 0 Å². The molecule has 0 radical (unpaired) electrons. The molecule has 2 nitrogen and oxygen atoms in total. The topological polar surface area (TPSA) is 27.0 Å². The summed E-state index contributed by atoms with van der Waals surface area (Å²) >= 11 is 0. The fourth-order valence-corrected chi connectivity index (χ4v) is 1.67. The number of rotatable bonds is 3. The Morgan fingerprint density at radius 3 is 2.67 bits per heavy atom. The first-order valence-electron chi connectivity index (χ1n) is 4.92. The summed E-state index contributed by atoms with van der Waals surface area (Å²) in [5.41, 5.74) is 0. The van der Waals surface area contributed by atoms with Gasteiger partial charge >= 0.3 is 0 Å². The highest BCUT2D eigenvalue weighted by Crippen LogP contribution is 2.15. The van der Waals surface area contributed by atoms with E-state index in [9.17, 15) is 0 Å². The number of piperidine rings is 1. The first-order valence-corrected chi connectivity index (χ1v) is 4.92. The molecule has 0 spiro atoms. The van der Waals surface area contributed by atoms with Crippen LogP contribution in [0.2, 0.25) is 0 Å². The Hall–Kier alpha value is -0.550. The van der Waals surface area contributed by atoms with Gasteiger partial charge in [-0.2, -0.15) is 5.26 Å². The summed E-state index contributed by atoms with van der Waals surface area (Å²) in [4.78, 5) is 2.48. The minimum absolute atomic E-state index is 0.714. The molecule has 0 aliphatic carbocycles. The van der Waals surface area contributed by atoms with Crippen LogP contribution in [0.3, 0.4) is 0 Å². The van der Waals surface area contributed by atoms with Crippen molar-refractivity contribution in [1.29, 1.82) is 5.26 Å². The SMILES string of the molecule is CC1CCN(CCCC#N)CC1. The Bertz CT molecular complexity index is 152. The lowest BCUT2D eigenvalue weighted by atomic mass is 9.99. The molecule has 0 atom stereocenters. The zero-order valence-electron chi connectivity index (χ0n) is 7.92. The van der Waals surface area contributed by atoms with Gasteiger partial charge in [0.1, 0.15) is 0 Å². The molecule has 0 aromatic rings. The van der Waals surface area contributed by atoms with Gasteiger partial charge in [-0.15, -0.1) is 0 Å². The van der Waals surface area contributed by atoms with Crippen LogP contribution in [-0.4, -0.2) is 24.5 Å². The van der Waals surface area contributed by atoms with Crippen LogP contribution in [0.1, 0.15) is 32.6 Å². The Morgan fingerprint density at radius 2 is 2.08 bits per heavy atom. The fraction of sp³-hybridized carbons (Fsp3) is 0.900. The Labute approximate surface area is 75.2 Å². The predicted octanol–water partition coefficient (Wildman–Crippen LogP) is 2.02. The number of nitriles is 1. The molecule has 1 fully saturated rings. The van der Waals surface area contributed by atoms with Gasteiger partial charge in [0.2, 0.25) is 0 Å². The lowest BCUT2D eigenvalue weighted by Gasteiger charge is -2.29. The molecule has 0 aromatic carbocycles. The first-order chi connectivity index (χ1) is 5.83. The molecule has 0 amide bonds. The number of hydrogen-bond acceptors (Lipinski definition) is 2. The van der Waals surface area contributed by atoms with Gasteiger partial charge in [0.15, 0.2) is 0 Å². The fourth-order valence-electron chi connectivity index (χ4n) is 1.67. The lowest BCUT2D eigenvalue weighted by Crippen LogP contribution is -2.33. The summed E-state index contributed by atoms with van der Waals surface area (Å²) in [6.07, 6.45) is 4.44. The van der Waals surface area contributed by atoms with Crippen LogP contribution < -0.4 is 0 Å². The Morgan fingerprint density at radius 1 is 1.42 bits per heavy atom. The van der Waals surface area contributed by atoms with Crippen molar-refractivity contribution in [2.75, 3.05) is 19.6 Å². The highest BCUT2D eigenvalue weighted by atomic mass is 15.1. The minimum Gasteiger partial charge on any atom is -0.303 e.